The third-order valence-corrected chi connectivity index (χ3v) is 6.72. The predicted molar refractivity (Wildman–Crippen MR) is 87.0 cm³/mol. The number of hydrogen-bond acceptors (Lipinski definition) is 4. The molecule has 2 atom stereocenters. The molecule has 2 aliphatic heterocycles. The van der Waals surface area contributed by atoms with Crippen LogP contribution in [-0.2, 0) is 14.8 Å². The van der Waals surface area contributed by atoms with Gasteiger partial charge in [0.2, 0.25) is 15.9 Å². The van der Waals surface area contributed by atoms with E-state index < -0.39 is 10.0 Å². The molecule has 0 aromatic carbocycles. The second-order valence-corrected chi connectivity index (χ2v) is 8.97. The molecule has 6 nitrogen and oxygen atoms in total. The van der Waals surface area contributed by atoms with Crippen LogP contribution in [0.4, 0.5) is 0 Å². The van der Waals surface area contributed by atoms with Crippen molar-refractivity contribution < 1.29 is 13.2 Å². The van der Waals surface area contributed by atoms with Crippen LogP contribution in [0.1, 0.15) is 45.4 Å². The van der Waals surface area contributed by atoms with Crippen molar-refractivity contribution in [3.63, 3.8) is 0 Å². The molecule has 0 aliphatic carbocycles. The van der Waals surface area contributed by atoms with Crippen LogP contribution >= 0.6 is 0 Å². The summed E-state index contributed by atoms with van der Waals surface area (Å²) in [5.41, 5.74) is 0. The van der Waals surface area contributed by atoms with Crippen molar-refractivity contribution in [1.82, 2.24) is 14.9 Å². The van der Waals surface area contributed by atoms with Gasteiger partial charge in [0.15, 0.2) is 0 Å². The normalized spacial score (nSPS) is 28.0. The van der Waals surface area contributed by atoms with Gasteiger partial charge < -0.3 is 10.6 Å². The Balaban J connectivity index is 1.60. The van der Waals surface area contributed by atoms with E-state index >= 15 is 0 Å². The van der Waals surface area contributed by atoms with Gasteiger partial charge in [0.25, 0.3) is 0 Å². The van der Waals surface area contributed by atoms with Crippen molar-refractivity contribution in [2.75, 3.05) is 25.9 Å². The summed E-state index contributed by atoms with van der Waals surface area (Å²) < 4.78 is 24.5. The zero-order valence-corrected chi connectivity index (χ0v) is 14.5. The third-order valence-electron chi connectivity index (χ3n) is 4.86. The van der Waals surface area contributed by atoms with Crippen LogP contribution in [0.3, 0.4) is 0 Å². The second-order valence-electron chi connectivity index (χ2n) is 6.61. The minimum atomic E-state index is -3.11. The zero-order chi connectivity index (χ0) is 16.2. The smallest absolute Gasteiger partial charge is 0.220 e. The minimum Gasteiger partial charge on any atom is -0.356 e. The number of hydrogen-bond donors (Lipinski definition) is 2. The largest absolute Gasteiger partial charge is 0.356 e. The average molecular weight is 331 g/mol. The first-order chi connectivity index (χ1) is 10.4. The van der Waals surface area contributed by atoms with E-state index in [2.05, 4.69) is 10.6 Å². The highest BCUT2D eigenvalue weighted by atomic mass is 32.2. The lowest BCUT2D eigenvalue weighted by atomic mass is 9.89. The van der Waals surface area contributed by atoms with E-state index in [0.717, 1.165) is 12.8 Å². The lowest BCUT2D eigenvalue weighted by molar-refractivity contribution is -0.122. The molecule has 0 radical (unpaired) electrons. The summed E-state index contributed by atoms with van der Waals surface area (Å²) in [6.07, 6.45) is 5.99. The van der Waals surface area contributed by atoms with E-state index in [4.69, 9.17) is 0 Å². The topological polar surface area (TPSA) is 78.5 Å². The van der Waals surface area contributed by atoms with E-state index in [1.54, 1.807) is 14.0 Å². The molecule has 2 heterocycles. The Kier molecular flexibility index (Phi) is 6.23. The lowest BCUT2D eigenvalue weighted by Gasteiger charge is -2.28. The molecule has 128 valence electrons. The maximum absolute atomic E-state index is 12.0. The molecule has 7 heteroatoms. The van der Waals surface area contributed by atoms with Gasteiger partial charge >= 0.3 is 0 Å². The Bertz CT molecular complexity index is 468. The first-order valence-corrected chi connectivity index (χ1v) is 9.98. The van der Waals surface area contributed by atoms with E-state index in [-0.39, 0.29) is 11.7 Å². The highest BCUT2D eigenvalue weighted by molar-refractivity contribution is 7.89. The Morgan fingerprint density at radius 3 is 2.50 bits per heavy atom. The van der Waals surface area contributed by atoms with Crippen molar-refractivity contribution in [2.24, 2.45) is 5.92 Å². The van der Waals surface area contributed by atoms with Gasteiger partial charge in [-0.15, -0.1) is 0 Å². The number of fused-ring (bicyclic) bond motifs is 2. The number of sulfonamides is 1. The minimum absolute atomic E-state index is 0.104. The quantitative estimate of drug-likeness (QED) is 0.642. The molecule has 2 rings (SSSR count). The standard InChI is InChI=1S/C15H29N3O3S/c1-3-22(20,21)18(2)8-4-7-16-15(19)11-12-9-13-5-6-14(10-12)17-13/h12-14,17H,3-11H2,1-2H3,(H,16,19). The van der Waals surface area contributed by atoms with Gasteiger partial charge in [-0.3, -0.25) is 4.79 Å². The van der Waals surface area contributed by atoms with Crippen molar-refractivity contribution in [1.29, 1.82) is 0 Å². The van der Waals surface area contributed by atoms with E-state index in [9.17, 15) is 13.2 Å². The van der Waals surface area contributed by atoms with Crippen LogP contribution in [0.25, 0.3) is 0 Å². The summed E-state index contributed by atoms with van der Waals surface area (Å²) in [6, 6.07) is 1.23. The number of nitrogens with one attached hydrogen (secondary N) is 2. The second kappa shape index (κ2) is 7.75. The van der Waals surface area contributed by atoms with Crippen LogP contribution in [0.15, 0.2) is 0 Å². The van der Waals surface area contributed by atoms with Gasteiger partial charge in [-0.2, -0.15) is 0 Å². The summed E-state index contributed by atoms with van der Waals surface area (Å²) in [5, 5.41) is 6.51. The average Bonchev–Trinajstić information content (AvgIpc) is 2.82. The predicted octanol–water partition coefficient (Wildman–Crippen LogP) is 0.695. The molecule has 1 amide bonds. The molecule has 2 aliphatic rings. The van der Waals surface area contributed by atoms with Crippen LogP contribution < -0.4 is 10.6 Å². The Labute approximate surface area is 134 Å². The summed E-state index contributed by atoms with van der Waals surface area (Å²) in [5.74, 6) is 0.725. The Morgan fingerprint density at radius 2 is 1.91 bits per heavy atom. The van der Waals surface area contributed by atoms with Crippen molar-refractivity contribution in [3.05, 3.63) is 0 Å². The number of carbonyl (C=O) groups excluding carboxylic acids is 1. The molecular weight excluding hydrogens is 302 g/mol. The summed E-state index contributed by atoms with van der Waals surface area (Å²) in [6.45, 7) is 2.63. The Hall–Kier alpha value is -0.660. The maximum Gasteiger partial charge on any atom is 0.220 e. The van der Waals surface area contributed by atoms with Gasteiger partial charge in [0.1, 0.15) is 0 Å². The summed E-state index contributed by atoms with van der Waals surface area (Å²) >= 11 is 0. The molecule has 2 unspecified atom stereocenters. The maximum atomic E-state index is 12.0. The van der Waals surface area contributed by atoms with Crippen molar-refractivity contribution in [3.8, 4) is 0 Å². The molecule has 2 fully saturated rings. The van der Waals surface area contributed by atoms with E-state index in [0.29, 0.717) is 43.9 Å². The molecule has 2 N–H and O–H groups in total. The number of rotatable bonds is 8. The fourth-order valence-corrected chi connectivity index (χ4v) is 4.41. The van der Waals surface area contributed by atoms with Gasteiger partial charge in [-0.05, 0) is 44.9 Å². The Morgan fingerprint density at radius 1 is 1.27 bits per heavy atom. The fourth-order valence-electron chi connectivity index (χ4n) is 3.57. The molecule has 0 saturated carbocycles. The molecular formula is C15H29N3O3S. The lowest BCUT2D eigenvalue weighted by Crippen LogP contribution is -2.40. The monoisotopic (exact) mass is 331 g/mol. The number of amides is 1. The van der Waals surface area contributed by atoms with Gasteiger partial charge in [0.05, 0.1) is 5.75 Å². The van der Waals surface area contributed by atoms with Gasteiger partial charge in [-0.25, -0.2) is 12.7 Å². The fraction of sp³-hybridized carbons (Fsp3) is 0.933. The number of carbonyl (C=O) groups is 1. The van der Waals surface area contributed by atoms with Crippen LogP contribution in [-0.4, -0.2) is 56.6 Å². The number of nitrogens with zero attached hydrogens (tertiary/aromatic N) is 1. The highest BCUT2D eigenvalue weighted by Crippen LogP contribution is 2.32. The molecule has 0 aromatic heterocycles. The molecule has 22 heavy (non-hydrogen) atoms. The molecule has 0 aromatic rings. The third kappa shape index (κ3) is 4.93. The first kappa shape index (κ1) is 17.7. The molecule has 0 spiro atoms. The summed E-state index contributed by atoms with van der Waals surface area (Å²) in [7, 11) is -1.52. The molecule has 2 bridgehead atoms. The van der Waals surface area contributed by atoms with E-state index in [1.807, 2.05) is 0 Å². The SMILES string of the molecule is CCS(=O)(=O)N(C)CCCNC(=O)CC1CC2CCC(C1)N2. The van der Waals surface area contributed by atoms with Gasteiger partial charge in [0, 0.05) is 38.6 Å². The van der Waals surface area contributed by atoms with Crippen molar-refractivity contribution >= 4 is 15.9 Å². The number of piperidine rings is 1. The van der Waals surface area contributed by atoms with Crippen molar-refractivity contribution in [2.45, 2.75) is 57.5 Å². The first-order valence-electron chi connectivity index (χ1n) is 8.37. The highest BCUT2D eigenvalue weighted by Gasteiger charge is 2.34. The summed E-state index contributed by atoms with van der Waals surface area (Å²) in [4.78, 5) is 12.0. The molecule has 2 saturated heterocycles. The van der Waals surface area contributed by atoms with E-state index in [1.165, 1.54) is 17.1 Å². The zero-order valence-electron chi connectivity index (χ0n) is 13.7. The van der Waals surface area contributed by atoms with Crippen LogP contribution in [0.2, 0.25) is 0 Å². The van der Waals surface area contributed by atoms with Gasteiger partial charge in [-0.1, -0.05) is 0 Å². The van der Waals surface area contributed by atoms with Crippen LogP contribution in [0, 0.1) is 5.92 Å². The van der Waals surface area contributed by atoms with Crippen LogP contribution in [0.5, 0.6) is 0 Å².